The quantitative estimate of drug-likeness (QED) is 0.789. The van der Waals surface area contributed by atoms with Crippen LogP contribution in [0.25, 0.3) is 5.57 Å². The first-order valence-electron chi connectivity index (χ1n) is 7.10. The Morgan fingerprint density at radius 3 is 2.59 bits per heavy atom. The van der Waals surface area contributed by atoms with Crippen molar-refractivity contribution in [3.05, 3.63) is 40.4 Å². The zero-order valence-electron chi connectivity index (χ0n) is 12.0. The fraction of sp³-hybridized carbons (Fsp3) is 0.438. The SMILES string of the molecule is C=C(c1cc(Cl)cc2c1C(=O)N([C@@H](C)C1CC1)C2)C(F)(F)F. The van der Waals surface area contributed by atoms with E-state index in [1.54, 1.807) is 11.0 Å². The topological polar surface area (TPSA) is 20.3 Å². The molecular weight excluding hydrogens is 315 g/mol. The minimum Gasteiger partial charge on any atom is -0.331 e. The molecule has 118 valence electrons. The van der Waals surface area contributed by atoms with Gasteiger partial charge in [-0.25, -0.2) is 0 Å². The summed E-state index contributed by atoms with van der Waals surface area (Å²) < 4.78 is 39.0. The lowest BCUT2D eigenvalue weighted by molar-refractivity contribution is -0.0686. The second-order valence-electron chi connectivity index (χ2n) is 5.97. The molecule has 1 aliphatic heterocycles. The van der Waals surface area contributed by atoms with Gasteiger partial charge in [-0.2, -0.15) is 13.2 Å². The van der Waals surface area contributed by atoms with E-state index in [1.807, 2.05) is 6.92 Å². The van der Waals surface area contributed by atoms with Crippen molar-refractivity contribution in [3.63, 3.8) is 0 Å². The van der Waals surface area contributed by atoms with Gasteiger partial charge in [0.2, 0.25) is 0 Å². The van der Waals surface area contributed by atoms with Gasteiger partial charge in [0.25, 0.3) is 5.91 Å². The molecule has 0 radical (unpaired) electrons. The van der Waals surface area contributed by atoms with Crippen LogP contribution in [-0.4, -0.2) is 23.0 Å². The number of allylic oxidation sites excluding steroid dienone is 1. The minimum atomic E-state index is -4.59. The molecule has 1 saturated carbocycles. The summed E-state index contributed by atoms with van der Waals surface area (Å²) in [6.07, 6.45) is -2.47. The summed E-state index contributed by atoms with van der Waals surface area (Å²) in [6.45, 7) is 5.37. The summed E-state index contributed by atoms with van der Waals surface area (Å²) >= 11 is 5.93. The van der Waals surface area contributed by atoms with Gasteiger partial charge in [-0.05, 0) is 43.4 Å². The number of carbonyl (C=O) groups excluding carboxylic acids is 1. The lowest BCUT2D eigenvalue weighted by atomic mass is 9.97. The zero-order chi connectivity index (χ0) is 16.2. The molecule has 1 atom stereocenters. The molecule has 0 aromatic heterocycles. The summed E-state index contributed by atoms with van der Waals surface area (Å²) in [5, 5.41) is 0.188. The average molecular weight is 330 g/mol. The first kappa shape index (κ1) is 15.4. The third kappa shape index (κ3) is 2.51. The van der Waals surface area contributed by atoms with Gasteiger partial charge in [0.15, 0.2) is 0 Å². The molecule has 0 bridgehead atoms. The van der Waals surface area contributed by atoms with Crippen molar-refractivity contribution in [2.24, 2.45) is 5.92 Å². The van der Waals surface area contributed by atoms with Gasteiger partial charge in [-0.3, -0.25) is 4.79 Å². The van der Waals surface area contributed by atoms with Crippen LogP contribution >= 0.6 is 11.6 Å². The highest BCUT2D eigenvalue weighted by molar-refractivity contribution is 6.31. The van der Waals surface area contributed by atoms with Crippen LogP contribution < -0.4 is 0 Å². The number of carbonyl (C=O) groups is 1. The molecule has 1 amide bonds. The van der Waals surface area contributed by atoms with Crippen LogP contribution in [0.4, 0.5) is 13.2 Å². The summed E-state index contributed by atoms with van der Waals surface area (Å²) in [5.41, 5.74) is -0.587. The highest BCUT2D eigenvalue weighted by atomic mass is 35.5. The molecule has 0 spiro atoms. The summed E-state index contributed by atoms with van der Waals surface area (Å²) in [6, 6.07) is 2.78. The Balaban J connectivity index is 2.03. The van der Waals surface area contributed by atoms with E-state index in [1.165, 1.54) is 6.07 Å². The van der Waals surface area contributed by atoms with E-state index < -0.39 is 11.7 Å². The number of hydrogen-bond acceptors (Lipinski definition) is 1. The van der Waals surface area contributed by atoms with Gasteiger partial charge in [0.1, 0.15) is 0 Å². The number of nitrogens with zero attached hydrogens (tertiary/aromatic N) is 1. The Bertz CT molecular complexity index is 664. The summed E-state index contributed by atoms with van der Waals surface area (Å²) in [5.74, 6) is 0.0921. The maximum Gasteiger partial charge on any atom is 0.416 e. The van der Waals surface area contributed by atoms with Crippen LogP contribution in [0.2, 0.25) is 5.02 Å². The zero-order valence-corrected chi connectivity index (χ0v) is 12.8. The number of rotatable bonds is 3. The van der Waals surface area contributed by atoms with E-state index >= 15 is 0 Å². The maximum atomic E-state index is 13.0. The molecule has 0 saturated heterocycles. The van der Waals surface area contributed by atoms with E-state index in [4.69, 9.17) is 11.6 Å². The molecular formula is C16H15ClF3NO. The molecule has 3 rings (SSSR count). The molecule has 1 aliphatic carbocycles. The van der Waals surface area contributed by atoms with E-state index in [9.17, 15) is 18.0 Å². The minimum absolute atomic E-state index is 0.0330. The smallest absolute Gasteiger partial charge is 0.331 e. The van der Waals surface area contributed by atoms with Gasteiger partial charge in [0, 0.05) is 23.2 Å². The highest BCUT2D eigenvalue weighted by Gasteiger charge is 2.42. The molecule has 0 N–H and O–H groups in total. The van der Waals surface area contributed by atoms with Crippen LogP contribution in [0.5, 0.6) is 0 Å². The second-order valence-corrected chi connectivity index (χ2v) is 6.41. The fourth-order valence-corrected chi connectivity index (χ4v) is 3.23. The summed E-state index contributed by atoms with van der Waals surface area (Å²) in [7, 11) is 0. The number of alkyl halides is 3. The van der Waals surface area contributed by atoms with Gasteiger partial charge in [0.05, 0.1) is 11.1 Å². The van der Waals surface area contributed by atoms with E-state index in [0.717, 1.165) is 12.8 Å². The van der Waals surface area contributed by atoms with Crippen molar-refractivity contribution >= 4 is 23.1 Å². The molecule has 2 nitrogen and oxygen atoms in total. The molecule has 1 fully saturated rings. The fourth-order valence-electron chi connectivity index (χ4n) is 2.99. The average Bonchev–Trinajstić information content (AvgIpc) is 3.21. The number of benzene rings is 1. The second kappa shape index (κ2) is 5.01. The van der Waals surface area contributed by atoms with Crippen LogP contribution in [0, 0.1) is 5.92 Å². The Morgan fingerprint density at radius 2 is 2.05 bits per heavy atom. The van der Waals surface area contributed by atoms with Crippen LogP contribution in [0.15, 0.2) is 18.7 Å². The van der Waals surface area contributed by atoms with Gasteiger partial charge in [-0.1, -0.05) is 18.2 Å². The van der Waals surface area contributed by atoms with Crippen LogP contribution in [0.3, 0.4) is 0 Å². The third-order valence-corrected chi connectivity index (χ3v) is 4.68. The van der Waals surface area contributed by atoms with E-state index in [-0.39, 0.29) is 28.1 Å². The molecule has 2 aliphatic rings. The number of amides is 1. The predicted molar refractivity (Wildman–Crippen MR) is 78.6 cm³/mol. The van der Waals surface area contributed by atoms with E-state index in [2.05, 4.69) is 6.58 Å². The van der Waals surface area contributed by atoms with Crippen molar-refractivity contribution < 1.29 is 18.0 Å². The Hall–Kier alpha value is -1.49. The third-order valence-electron chi connectivity index (χ3n) is 4.46. The van der Waals surface area contributed by atoms with Gasteiger partial charge >= 0.3 is 6.18 Å². The van der Waals surface area contributed by atoms with E-state index in [0.29, 0.717) is 18.0 Å². The molecule has 1 aromatic carbocycles. The van der Waals surface area contributed by atoms with Crippen molar-refractivity contribution in [2.75, 3.05) is 0 Å². The Morgan fingerprint density at radius 1 is 1.41 bits per heavy atom. The molecule has 0 unspecified atom stereocenters. The van der Waals surface area contributed by atoms with Crippen LogP contribution in [-0.2, 0) is 6.54 Å². The number of hydrogen-bond donors (Lipinski definition) is 0. The molecule has 1 aromatic rings. The lowest BCUT2D eigenvalue weighted by Crippen LogP contribution is -2.35. The van der Waals surface area contributed by atoms with Crippen molar-refractivity contribution in [1.82, 2.24) is 4.90 Å². The first-order chi connectivity index (χ1) is 10.2. The normalized spacial score (nSPS) is 19.3. The Labute approximate surface area is 131 Å². The lowest BCUT2D eigenvalue weighted by Gasteiger charge is -2.24. The van der Waals surface area contributed by atoms with Crippen molar-refractivity contribution in [1.29, 1.82) is 0 Å². The highest BCUT2D eigenvalue weighted by Crippen LogP contribution is 2.42. The monoisotopic (exact) mass is 329 g/mol. The predicted octanol–water partition coefficient (Wildman–Crippen LogP) is 4.67. The number of halogens is 4. The van der Waals surface area contributed by atoms with Crippen molar-refractivity contribution in [3.8, 4) is 0 Å². The standard InChI is InChI=1S/C16H15ClF3NO/c1-8(16(18,19)20)13-6-12(17)5-11-7-21(15(22)14(11)13)9(2)10-3-4-10/h5-6,9-10H,1,3-4,7H2,2H3/t9-/m0/s1. The maximum absolute atomic E-state index is 13.0. The Kier molecular flexibility index (Phi) is 3.51. The largest absolute Gasteiger partial charge is 0.416 e. The first-order valence-corrected chi connectivity index (χ1v) is 7.48. The van der Waals surface area contributed by atoms with Gasteiger partial charge in [-0.15, -0.1) is 0 Å². The van der Waals surface area contributed by atoms with Crippen molar-refractivity contribution in [2.45, 2.75) is 38.5 Å². The molecule has 1 heterocycles. The molecule has 22 heavy (non-hydrogen) atoms. The van der Waals surface area contributed by atoms with Crippen LogP contribution in [0.1, 0.15) is 41.3 Å². The summed E-state index contributed by atoms with van der Waals surface area (Å²) in [4.78, 5) is 14.3. The number of fused-ring (bicyclic) bond motifs is 1. The molecule has 6 heteroatoms. The van der Waals surface area contributed by atoms with Gasteiger partial charge < -0.3 is 4.90 Å².